The maximum absolute atomic E-state index is 10.3. The van der Waals surface area contributed by atoms with Crippen LogP contribution in [0.3, 0.4) is 0 Å². The van der Waals surface area contributed by atoms with Gasteiger partial charge in [-0.2, -0.15) is 0 Å². The monoisotopic (exact) mass is 309 g/mol. The SMILES string of the molecule is [C-]#[N+]c1ccc(Oc2ccc3c(c2)COB3O)cc1COC=O. The normalized spacial score (nSPS) is 12.4. The number of carbonyl (C=O) groups excluding carboxylic acids is 1. The lowest BCUT2D eigenvalue weighted by Crippen LogP contribution is -2.27. The predicted molar refractivity (Wildman–Crippen MR) is 82.5 cm³/mol. The van der Waals surface area contributed by atoms with E-state index in [0.29, 0.717) is 35.8 Å². The second-order valence-corrected chi connectivity index (χ2v) is 4.94. The fourth-order valence-corrected chi connectivity index (χ4v) is 2.38. The van der Waals surface area contributed by atoms with Gasteiger partial charge >= 0.3 is 7.12 Å². The molecule has 7 heteroatoms. The summed E-state index contributed by atoms with van der Waals surface area (Å²) < 4.78 is 15.6. The first kappa shape index (κ1) is 15.1. The quantitative estimate of drug-likeness (QED) is 0.519. The third-order valence-corrected chi connectivity index (χ3v) is 3.49. The Morgan fingerprint density at radius 2 is 2.09 bits per heavy atom. The predicted octanol–water partition coefficient (Wildman–Crippen LogP) is 1.92. The van der Waals surface area contributed by atoms with Crippen LogP contribution in [0.5, 0.6) is 11.5 Å². The third kappa shape index (κ3) is 3.18. The van der Waals surface area contributed by atoms with Crippen molar-refractivity contribution < 1.29 is 23.9 Å². The Labute approximate surface area is 133 Å². The third-order valence-electron chi connectivity index (χ3n) is 3.49. The summed E-state index contributed by atoms with van der Waals surface area (Å²) in [6.07, 6.45) is 0. The van der Waals surface area contributed by atoms with Crippen LogP contribution < -0.4 is 10.2 Å². The molecule has 0 atom stereocenters. The Morgan fingerprint density at radius 1 is 1.30 bits per heavy atom. The highest BCUT2D eigenvalue weighted by molar-refractivity contribution is 6.61. The van der Waals surface area contributed by atoms with Crippen molar-refractivity contribution in [2.45, 2.75) is 13.2 Å². The first-order valence-electron chi connectivity index (χ1n) is 6.87. The highest BCUT2D eigenvalue weighted by Gasteiger charge is 2.27. The van der Waals surface area contributed by atoms with E-state index < -0.39 is 7.12 Å². The van der Waals surface area contributed by atoms with Crippen molar-refractivity contribution in [1.29, 1.82) is 0 Å². The largest absolute Gasteiger partial charge is 0.491 e. The molecule has 114 valence electrons. The minimum atomic E-state index is -0.885. The van der Waals surface area contributed by atoms with E-state index in [4.69, 9.17) is 20.7 Å². The molecule has 2 aromatic carbocycles. The lowest BCUT2D eigenvalue weighted by atomic mass is 9.80. The van der Waals surface area contributed by atoms with Crippen molar-refractivity contribution >= 4 is 24.7 Å². The Balaban J connectivity index is 1.83. The summed E-state index contributed by atoms with van der Waals surface area (Å²) in [5, 5.41) is 9.60. The van der Waals surface area contributed by atoms with Gasteiger partial charge in [0.25, 0.3) is 6.47 Å². The van der Waals surface area contributed by atoms with Gasteiger partial charge in [0.05, 0.1) is 13.2 Å². The molecule has 1 aliphatic heterocycles. The zero-order valence-corrected chi connectivity index (χ0v) is 12.1. The molecule has 2 aromatic rings. The summed E-state index contributed by atoms with van der Waals surface area (Å²) >= 11 is 0. The molecule has 0 unspecified atom stereocenters. The fourth-order valence-electron chi connectivity index (χ4n) is 2.38. The van der Waals surface area contributed by atoms with Crippen molar-refractivity contribution in [1.82, 2.24) is 0 Å². The maximum atomic E-state index is 10.3. The molecule has 3 rings (SSSR count). The molecule has 1 heterocycles. The number of benzene rings is 2. The van der Waals surface area contributed by atoms with Crippen LogP contribution >= 0.6 is 0 Å². The molecular formula is C16H12BNO5. The van der Waals surface area contributed by atoms with Gasteiger partial charge in [0, 0.05) is 0 Å². The van der Waals surface area contributed by atoms with E-state index >= 15 is 0 Å². The van der Waals surface area contributed by atoms with Gasteiger partial charge < -0.3 is 19.2 Å². The highest BCUT2D eigenvalue weighted by atomic mass is 16.5. The molecule has 1 N–H and O–H groups in total. The Hall–Kier alpha value is -2.82. The topological polar surface area (TPSA) is 69.3 Å². The van der Waals surface area contributed by atoms with Gasteiger partial charge in [0.15, 0.2) is 5.69 Å². The summed E-state index contributed by atoms with van der Waals surface area (Å²) in [5.41, 5.74) is 2.59. The number of ether oxygens (including phenoxy) is 2. The van der Waals surface area contributed by atoms with Gasteiger partial charge in [-0.25, -0.2) is 4.85 Å². The molecule has 0 saturated heterocycles. The zero-order valence-electron chi connectivity index (χ0n) is 12.1. The first-order chi connectivity index (χ1) is 11.2. The first-order valence-corrected chi connectivity index (χ1v) is 6.87. The molecule has 0 amide bonds. The number of rotatable bonds is 5. The van der Waals surface area contributed by atoms with E-state index in [2.05, 4.69) is 4.85 Å². The smallest absolute Gasteiger partial charge is 0.464 e. The molecule has 0 bridgehead atoms. The molecular weight excluding hydrogens is 297 g/mol. The minimum absolute atomic E-state index is 0.0165. The standard InChI is InChI=1S/C16H12BNO5/c1-18-16-5-3-14(7-12(16)8-21-10-19)23-13-2-4-15-11(6-13)9-22-17(15)20/h2-7,10,20H,8-9H2. The van der Waals surface area contributed by atoms with Gasteiger partial charge in [-0.1, -0.05) is 12.1 Å². The lowest BCUT2D eigenvalue weighted by Gasteiger charge is -2.10. The number of hydrogen-bond acceptors (Lipinski definition) is 5. The van der Waals surface area contributed by atoms with E-state index in [1.54, 1.807) is 36.4 Å². The average Bonchev–Trinajstić information content (AvgIpc) is 2.94. The molecule has 23 heavy (non-hydrogen) atoms. The van der Waals surface area contributed by atoms with Crippen molar-refractivity contribution in [3.8, 4) is 11.5 Å². The minimum Gasteiger partial charge on any atom is -0.464 e. The molecule has 0 saturated carbocycles. The number of hydrogen-bond donors (Lipinski definition) is 1. The van der Waals surface area contributed by atoms with Gasteiger partial charge in [-0.05, 0) is 40.9 Å². The number of fused-ring (bicyclic) bond motifs is 1. The summed E-state index contributed by atoms with van der Waals surface area (Å²) in [5.74, 6) is 1.13. The summed E-state index contributed by atoms with van der Waals surface area (Å²) in [4.78, 5) is 13.7. The molecule has 1 aliphatic rings. The zero-order chi connectivity index (χ0) is 16.2. The lowest BCUT2D eigenvalue weighted by molar-refractivity contribution is -0.129. The van der Waals surface area contributed by atoms with E-state index in [1.807, 2.05) is 0 Å². The van der Waals surface area contributed by atoms with Crippen LogP contribution in [0.4, 0.5) is 5.69 Å². The molecule has 0 aliphatic carbocycles. The van der Waals surface area contributed by atoms with Crippen LogP contribution in [-0.4, -0.2) is 18.6 Å². The van der Waals surface area contributed by atoms with Gasteiger partial charge in [0.2, 0.25) is 0 Å². The summed E-state index contributed by atoms with van der Waals surface area (Å²) in [7, 11) is -0.885. The summed E-state index contributed by atoms with van der Waals surface area (Å²) in [6, 6.07) is 10.3. The van der Waals surface area contributed by atoms with Crippen LogP contribution in [0.2, 0.25) is 0 Å². The number of carbonyl (C=O) groups is 1. The summed E-state index contributed by atoms with van der Waals surface area (Å²) in [6.45, 7) is 7.81. The van der Waals surface area contributed by atoms with Crippen LogP contribution in [0.15, 0.2) is 36.4 Å². The van der Waals surface area contributed by atoms with E-state index in [9.17, 15) is 9.82 Å². The van der Waals surface area contributed by atoms with Crippen molar-refractivity contribution in [2.24, 2.45) is 0 Å². The van der Waals surface area contributed by atoms with Crippen molar-refractivity contribution in [3.05, 3.63) is 58.9 Å². The molecule has 0 spiro atoms. The van der Waals surface area contributed by atoms with E-state index in [0.717, 1.165) is 11.0 Å². The number of nitrogens with zero attached hydrogens (tertiary/aromatic N) is 1. The second kappa shape index (κ2) is 6.52. The second-order valence-electron chi connectivity index (χ2n) is 4.94. The Morgan fingerprint density at radius 3 is 2.87 bits per heavy atom. The van der Waals surface area contributed by atoms with Crippen LogP contribution in [0.25, 0.3) is 4.85 Å². The van der Waals surface area contributed by atoms with Crippen molar-refractivity contribution in [2.75, 3.05) is 0 Å². The van der Waals surface area contributed by atoms with Crippen molar-refractivity contribution in [3.63, 3.8) is 0 Å². The van der Waals surface area contributed by atoms with Crippen LogP contribution in [-0.2, 0) is 27.4 Å². The van der Waals surface area contributed by atoms with Crippen LogP contribution in [0, 0.1) is 6.57 Å². The van der Waals surface area contributed by atoms with E-state index in [-0.39, 0.29) is 6.61 Å². The maximum Gasteiger partial charge on any atom is 0.491 e. The van der Waals surface area contributed by atoms with Crippen LogP contribution in [0.1, 0.15) is 11.1 Å². The van der Waals surface area contributed by atoms with E-state index in [1.165, 1.54) is 0 Å². The fraction of sp³-hybridized carbons (Fsp3) is 0.125. The highest BCUT2D eigenvalue weighted by Crippen LogP contribution is 2.29. The van der Waals surface area contributed by atoms with Gasteiger partial charge in [-0.15, -0.1) is 0 Å². The van der Waals surface area contributed by atoms with Gasteiger partial charge in [0.1, 0.15) is 18.1 Å². The van der Waals surface area contributed by atoms with Gasteiger partial charge in [-0.3, -0.25) is 4.79 Å². The molecule has 0 aromatic heterocycles. The Kier molecular flexibility index (Phi) is 4.28. The molecule has 0 radical (unpaired) electrons. The average molecular weight is 309 g/mol. The molecule has 6 nitrogen and oxygen atoms in total. The Bertz CT molecular complexity index is 787. The molecule has 0 fully saturated rings.